The van der Waals surface area contributed by atoms with Crippen molar-refractivity contribution in [2.45, 2.75) is 30.2 Å². The van der Waals surface area contributed by atoms with Gasteiger partial charge in [-0.05, 0) is 40.3 Å². The standard InChI is InChI=1S/C23H26FIN2O3S/c1-6-16-13-17(14-19(24)21(16)27-31(5,29)30)22(25)26-20(28)12-9-15-7-10-18(11-8-15)23(2,3)4/h6-14,22,27H,1H2,2-5H3,(H,26,28)/b12-9+/t22-/m0/s1. The SMILES string of the molecule is C=Cc1cc([C@@H](I)NC(=O)/C=C/c2ccc(C(C)(C)C)cc2)cc(F)c1NS(C)(=O)=O. The molecule has 166 valence electrons. The van der Waals surface area contributed by atoms with Gasteiger partial charge in [0, 0.05) is 11.6 Å². The molecule has 0 aliphatic carbocycles. The van der Waals surface area contributed by atoms with Gasteiger partial charge in [0.25, 0.3) is 0 Å². The van der Waals surface area contributed by atoms with Crippen molar-refractivity contribution in [3.05, 3.63) is 77.1 Å². The molecule has 5 nitrogen and oxygen atoms in total. The molecular formula is C23H26FIN2O3S. The predicted molar refractivity (Wildman–Crippen MR) is 134 cm³/mol. The molecule has 8 heteroatoms. The molecule has 0 heterocycles. The molecule has 0 aliphatic rings. The number of sulfonamides is 1. The van der Waals surface area contributed by atoms with Crippen LogP contribution in [0.3, 0.4) is 0 Å². The molecular weight excluding hydrogens is 530 g/mol. The van der Waals surface area contributed by atoms with E-state index in [1.165, 1.54) is 23.8 Å². The number of anilines is 1. The first-order valence-corrected chi connectivity index (χ1v) is 12.6. The molecule has 0 fully saturated rings. The zero-order valence-electron chi connectivity index (χ0n) is 17.9. The van der Waals surface area contributed by atoms with Crippen LogP contribution in [-0.2, 0) is 20.2 Å². The number of halogens is 2. The first-order chi connectivity index (χ1) is 14.3. The first kappa shape index (κ1) is 25.1. The van der Waals surface area contributed by atoms with Gasteiger partial charge < -0.3 is 5.32 Å². The van der Waals surface area contributed by atoms with Crippen molar-refractivity contribution in [1.82, 2.24) is 5.32 Å². The monoisotopic (exact) mass is 556 g/mol. The molecule has 0 spiro atoms. The molecule has 0 aliphatic heterocycles. The van der Waals surface area contributed by atoms with Crippen LogP contribution in [0, 0.1) is 5.82 Å². The largest absolute Gasteiger partial charge is 0.337 e. The molecule has 1 amide bonds. The summed E-state index contributed by atoms with van der Waals surface area (Å²) in [5.74, 6) is -1.08. The van der Waals surface area contributed by atoms with Crippen molar-refractivity contribution in [3.8, 4) is 0 Å². The molecule has 0 saturated heterocycles. The predicted octanol–water partition coefficient (Wildman–Crippen LogP) is 5.40. The van der Waals surface area contributed by atoms with Crippen LogP contribution in [0.1, 0.15) is 47.1 Å². The maximum Gasteiger partial charge on any atom is 0.245 e. The number of benzene rings is 2. The average Bonchev–Trinajstić information content (AvgIpc) is 2.66. The molecule has 2 N–H and O–H groups in total. The number of hydrogen-bond donors (Lipinski definition) is 2. The Morgan fingerprint density at radius 2 is 1.81 bits per heavy atom. The summed E-state index contributed by atoms with van der Waals surface area (Å²) < 4.78 is 39.1. The van der Waals surface area contributed by atoms with Crippen LogP contribution in [0.15, 0.2) is 49.1 Å². The lowest BCUT2D eigenvalue weighted by atomic mass is 9.87. The van der Waals surface area contributed by atoms with Gasteiger partial charge in [0.05, 0.1) is 11.9 Å². The third-order valence-electron chi connectivity index (χ3n) is 4.42. The second-order valence-corrected chi connectivity index (χ2v) is 11.1. The molecule has 2 aromatic carbocycles. The van der Waals surface area contributed by atoms with Crippen LogP contribution in [0.5, 0.6) is 0 Å². The molecule has 0 aromatic heterocycles. The van der Waals surface area contributed by atoms with Gasteiger partial charge >= 0.3 is 0 Å². The molecule has 0 radical (unpaired) electrons. The van der Waals surface area contributed by atoms with Crippen LogP contribution < -0.4 is 10.0 Å². The van der Waals surface area contributed by atoms with Crippen LogP contribution in [0.4, 0.5) is 10.1 Å². The molecule has 0 bridgehead atoms. The summed E-state index contributed by atoms with van der Waals surface area (Å²) >= 11 is 1.97. The van der Waals surface area contributed by atoms with Crippen molar-refractivity contribution < 1.29 is 17.6 Å². The van der Waals surface area contributed by atoms with E-state index in [0.29, 0.717) is 5.56 Å². The quantitative estimate of drug-likeness (QED) is 0.208. The number of alkyl halides is 1. The van der Waals surface area contributed by atoms with E-state index in [9.17, 15) is 17.6 Å². The summed E-state index contributed by atoms with van der Waals surface area (Å²) in [5.41, 5.74) is 2.74. The van der Waals surface area contributed by atoms with E-state index in [2.05, 4.69) is 37.4 Å². The van der Waals surface area contributed by atoms with E-state index in [0.717, 1.165) is 11.8 Å². The highest BCUT2D eigenvalue weighted by Crippen LogP contribution is 2.30. The summed E-state index contributed by atoms with van der Waals surface area (Å²) in [7, 11) is -3.65. The summed E-state index contributed by atoms with van der Waals surface area (Å²) in [6, 6.07) is 10.7. The van der Waals surface area contributed by atoms with Gasteiger partial charge in [-0.3, -0.25) is 9.52 Å². The lowest BCUT2D eigenvalue weighted by molar-refractivity contribution is -0.116. The van der Waals surface area contributed by atoms with E-state index in [1.54, 1.807) is 12.1 Å². The Balaban J connectivity index is 2.13. The third-order valence-corrected chi connectivity index (χ3v) is 6.02. The van der Waals surface area contributed by atoms with Crippen LogP contribution in [0.2, 0.25) is 0 Å². The van der Waals surface area contributed by atoms with E-state index < -0.39 is 19.9 Å². The maximum absolute atomic E-state index is 14.5. The second kappa shape index (κ2) is 9.95. The number of rotatable bonds is 7. The lowest BCUT2D eigenvalue weighted by Gasteiger charge is -2.18. The summed E-state index contributed by atoms with van der Waals surface area (Å²) in [4.78, 5) is 12.3. The normalized spacial score (nSPS) is 13.1. The van der Waals surface area contributed by atoms with Gasteiger partial charge in [-0.15, -0.1) is 0 Å². The number of hydrogen-bond acceptors (Lipinski definition) is 3. The Morgan fingerprint density at radius 3 is 2.32 bits per heavy atom. The third kappa shape index (κ3) is 7.46. The minimum Gasteiger partial charge on any atom is -0.337 e. The van der Waals surface area contributed by atoms with Crippen LogP contribution in [0.25, 0.3) is 12.2 Å². The fourth-order valence-electron chi connectivity index (χ4n) is 2.77. The number of carbonyl (C=O) groups excluding carboxylic acids is 1. The second-order valence-electron chi connectivity index (χ2n) is 8.12. The fraction of sp³-hybridized carbons (Fsp3) is 0.261. The fourth-order valence-corrected chi connectivity index (χ4v) is 4.03. The topological polar surface area (TPSA) is 75.3 Å². The van der Waals surface area contributed by atoms with Crippen LogP contribution in [-0.4, -0.2) is 20.6 Å². The number of carbonyl (C=O) groups is 1. The number of nitrogens with one attached hydrogen (secondary N) is 2. The van der Waals surface area contributed by atoms with Gasteiger partial charge in [0.15, 0.2) is 0 Å². The highest BCUT2D eigenvalue weighted by molar-refractivity contribution is 14.1. The van der Waals surface area contributed by atoms with Crippen molar-refractivity contribution in [2.75, 3.05) is 11.0 Å². The Labute approximate surface area is 197 Å². The summed E-state index contributed by atoms with van der Waals surface area (Å²) in [5, 5.41) is 2.77. The molecule has 0 unspecified atom stereocenters. The van der Waals surface area contributed by atoms with E-state index in [4.69, 9.17) is 0 Å². The first-order valence-electron chi connectivity index (χ1n) is 9.47. The Bertz CT molecular complexity index is 1100. The van der Waals surface area contributed by atoms with Crippen molar-refractivity contribution in [2.24, 2.45) is 0 Å². The van der Waals surface area contributed by atoms with Gasteiger partial charge in [-0.1, -0.05) is 80.3 Å². The van der Waals surface area contributed by atoms with Crippen molar-refractivity contribution >= 4 is 56.4 Å². The van der Waals surface area contributed by atoms with Gasteiger partial charge in [-0.25, -0.2) is 12.8 Å². The number of amides is 1. The minimum atomic E-state index is -3.65. The average molecular weight is 556 g/mol. The Morgan fingerprint density at radius 1 is 1.19 bits per heavy atom. The van der Waals surface area contributed by atoms with E-state index in [1.807, 2.05) is 46.9 Å². The smallest absolute Gasteiger partial charge is 0.245 e. The lowest BCUT2D eigenvalue weighted by Crippen LogP contribution is -2.23. The molecule has 31 heavy (non-hydrogen) atoms. The molecule has 2 aromatic rings. The van der Waals surface area contributed by atoms with Gasteiger partial charge in [-0.2, -0.15) is 0 Å². The van der Waals surface area contributed by atoms with Crippen molar-refractivity contribution in [3.63, 3.8) is 0 Å². The molecule has 0 saturated carbocycles. The summed E-state index contributed by atoms with van der Waals surface area (Å²) in [6.07, 6.45) is 5.42. The minimum absolute atomic E-state index is 0.0556. The zero-order valence-corrected chi connectivity index (χ0v) is 20.8. The van der Waals surface area contributed by atoms with Crippen LogP contribution >= 0.6 is 22.6 Å². The molecule has 2 rings (SSSR count). The maximum atomic E-state index is 14.5. The van der Waals surface area contributed by atoms with Gasteiger partial charge in [0.1, 0.15) is 9.87 Å². The van der Waals surface area contributed by atoms with E-state index in [-0.39, 0.29) is 22.6 Å². The van der Waals surface area contributed by atoms with Gasteiger partial charge in [0.2, 0.25) is 15.9 Å². The van der Waals surface area contributed by atoms with Crippen molar-refractivity contribution in [1.29, 1.82) is 0 Å². The molecule has 1 atom stereocenters. The zero-order chi connectivity index (χ0) is 23.4. The highest BCUT2D eigenvalue weighted by Gasteiger charge is 2.17. The highest BCUT2D eigenvalue weighted by atomic mass is 127. The Kier molecular flexibility index (Phi) is 8.04. The Hall–Kier alpha value is -2.20. The summed E-state index contributed by atoms with van der Waals surface area (Å²) in [6.45, 7) is 10.0. The van der Waals surface area contributed by atoms with E-state index >= 15 is 0 Å².